The van der Waals surface area contributed by atoms with Crippen molar-refractivity contribution in [1.82, 2.24) is 0 Å². The molecule has 1 N–H and O–H groups in total. The Hall–Kier alpha value is -1.36. The van der Waals surface area contributed by atoms with Gasteiger partial charge < -0.3 is 14.6 Å². The predicted molar refractivity (Wildman–Crippen MR) is 97.4 cm³/mol. The Morgan fingerprint density at radius 3 is 2.78 bits per heavy atom. The summed E-state index contributed by atoms with van der Waals surface area (Å²) in [6, 6.07) is 0. The number of fused-ring (bicyclic) bond motifs is 1. The fourth-order valence-electron chi connectivity index (χ4n) is 8.45. The molecule has 1 heterocycles. The zero-order chi connectivity index (χ0) is 19.4. The van der Waals surface area contributed by atoms with Gasteiger partial charge in [-0.2, -0.15) is 0 Å². The van der Waals surface area contributed by atoms with Crippen LogP contribution in [0.2, 0.25) is 0 Å². The van der Waals surface area contributed by atoms with Gasteiger partial charge in [-0.3, -0.25) is 9.59 Å². The summed E-state index contributed by atoms with van der Waals surface area (Å²) in [6.45, 7) is 8.46. The average molecular weight is 374 g/mol. The lowest BCUT2D eigenvalue weighted by Gasteiger charge is -2.47. The van der Waals surface area contributed by atoms with E-state index in [1.54, 1.807) is 0 Å². The smallest absolute Gasteiger partial charge is 0.315 e. The SMILES string of the molecule is C=C1C[C@]23C[C@@]1(CC)CC[C@H]2[C@@]12CC[C@H](O)[C@@](C)(C(=O)O1)[C@H]2[C@@H]3C(=O)OC. The molecule has 0 unspecified atom stereocenters. The van der Waals surface area contributed by atoms with Crippen LogP contribution < -0.4 is 0 Å². The maximum Gasteiger partial charge on any atom is 0.315 e. The summed E-state index contributed by atoms with van der Waals surface area (Å²) >= 11 is 0. The lowest BCUT2D eigenvalue weighted by atomic mass is 9.59. The second kappa shape index (κ2) is 4.97. The molecule has 1 aliphatic heterocycles. The van der Waals surface area contributed by atoms with Crippen molar-refractivity contribution in [1.29, 1.82) is 0 Å². The number of hydrogen-bond acceptors (Lipinski definition) is 5. The van der Waals surface area contributed by atoms with Crippen LogP contribution in [0.25, 0.3) is 0 Å². The molecule has 4 saturated carbocycles. The first-order chi connectivity index (χ1) is 12.7. The van der Waals surface area contributed by atoms with Crippen LogP contribution >= 0.6 is 0 Å². The van der Waals surface area contributed by atoms with Crippen LogP contribution in [0.15, 0.2) is 12.2 Å². The van der Waals surface area contributed by atoms with Gasteiger partial charge in [-0.25, -0.2) is 0 Å². The molecule has 5 fully saturated rings. The summed E-state index contributed by atoms with van der Waals surface area (Å²) in [6.07, 6.45) is 5.21. The number of esters is 2. The van der Waals surface area contributed by atoms with E-state index in [1.165, 1.54) is 12.7 Å². The molecule has 4 aliphatic carbocycles. The first-order valence-electron chi connectivity index (χ1n) is 10.4. The highest BCUT2D eigenvalue weighted by molar-refractivity contribution is 5.85. The summed E-state index contributed by atoms with van der Waals surface area (Å²) in [5.74, 6) is -1.14. The molecule has 5 rings (SSSR count). The second-order valence-electron chi connectivity index (χ2n) is 10.1. The van der Waals surface area contributed by atoms with E-state index in [0.717, 1.165) is 32.1 Å². The van der Waals surface area contributed by atoms with Gasteiger partial charge >= 0.3 is 11.9 Å². The Kier molecular flexibility index (Phi) is 3.26. The van der Waals surface area contributed by atoms with Gasteiger partial charge in [0.1, 0.15) is 5.60 Å². The van der Waals surface area contributed by atoms with E-state index >= 15 is 0 Å². The Balaban J connectivity index is 1.74. The number of hydrogen-bond donors (Lipinski definition) is 1. The third kappa shape index (κ3) is 1.64. The Bertz CT molecular complexity index is 760. The largest absolute Gasteiger partial charge is 0.469 e. The number of carbonyl (C=O) groups excluding carboxylic acids is 2. The normalized spacial score (nSPS) is 55.1. The van der Waals surface area contributed by atoms with Crippen molar-refractivity contribution in [3.63, 3.8) is 0 Å². The average Bonchev–Trinajstić information content (AvgIpc) is 3.09. The lowest BCUT2D eigenvalue weighted by Crippen LogP contribution is -2.53. The van der Waals surface area contributed by atoms with Gasteiger partial charge in [0.15, 0.2) is 0 Å². The van der Waals surface area contributed by atoms with Crippen molar-refractivity contribution in [2.24, 2.45) is 34.0 Å². The number of carbonyl (C=O) groups is 2. The quantitative estimate of drug-likeness (QED) is 0.594. The summed E-state index contributed by atoms with van der Waals surface area (Å²) in [5.41, 5.74) is -0.564. The standard InChI is InChI=1S/C22H30O5/c1-5-20-8-6-13-21(11-20,10-12(20)2)15(17(24)26-4)16-19(3)14(23)7-9-22(13,16)27-18(19)25/h13-16,23H,2,5-11H2,1,3-4H3/t13-,14+,15-,16-,19-,20-,21+,22-/m1/s1. The van der Waals surface area contributed by atoms with E-state index < -0.39 is 23.0 Å². The first kappa shape index (κ1) is 17.7. The summed E-state index contributed by atoms with van der Waals surface area (Å²) in [5, 5.41) is 10.8. The van der Waals surface area contributed by atoms with Crippen molar-refractivity contribution in [3.8, 4) is 0 Å². The number of ether oxygens (including phenoxy) is 2. The zero-order valence-corrected chi connectivity index (χ0v) is 16.5. The van der Waals surface area contributed by atoms with Crippen LogP contribution in [-0.2, 0) is 19.1 Å². The minimum atomic E-state index is -1.03. The molecular formula is C22H30O5. The summed E-state index contributed by atoms with van der Waals surface area (Å²) in [4.78, 5) is 26.1. The summed E-state index contributed by atoms with van der Waals surface area (Å²) in [7, 11) is 1.44. The molecule has 5 aliphatic rings. The fourth-order valence-corrected chi connectivity index (χ4v) is 8.45. The monoisotopic (exact) mass is 374 g/mol. The third-order valence-electron chi connectivity index (χ3n) is 9.64. The van der Waals surface area contributed by atoms with E-state index in [2.05, 4.69) is 13.5 Å². The van der Waals surface area contributed by atoms with Gasteiger partial charge in [0.2, 0.25) is 0 Å². The highest BCUT2D eigenvalue weighted by atomic mass is 16.6. The molecule has 5 heteroatoms. The highest BCUT2D eigenvalue weighted by Crippen LogP contribution is 2.80. The molecule has 0 radical (unpaired) electrons. The molecule has 1 spiro atoms. The molecule has 148 valence electrons. The minimum absolute atomic E-state index is 0.0929. The molecule has 0 aromatic carbocycles. The molecular weight excluding hydrogens is 344 g/mol. The van der Waals surface area contributed by atoms with Crippen LogP contribution in [0, 0.1) is 34.0 Å². The maximum absolute atomic E-state index is 13.2. The van der Waals surface area contributed by atoms with Crippen LogP contribution in [0.1, 0.15) is 58.8 Å². The number of methoxy groups -OCH3 is 1. The molecule has 0 aromatic rings. The van der Waals surface area contributed by atoms with Crippen molar-refractivity contribution >= 4 is 11.9 Å². The van der Waals surface area contributed by atoms with Gasteiger partial charge in [-0.1, -0.05) is 19.1 Å². The molecule has 4 bridgehead atoms. The van der Waals surface area contributed by atoms with Crippen LogP contribution in [0.3, 0.4) is 0 Å². The number of allylic oxidation sites excluding steroid dienone is 1. The van der Waals surface area contributed by atoms with E-state index in [4.69, 9.17) is 9.47 Å². The molecule has 5 nitrogen and oxygen atoms in total. The fraction of sp³-hybridized carbons (Fsp3) is 0.818. The van der Waals surface area contributed by atoms with Crippen molar-refractivity contribution in [2.75, 3.05) is 7.11 Å². The van der Waals surface area contributed by atoms with Gasteiger partial charge in [-0.05, 0) is 62.7 Å². The van der Waals surface area contributed by atoms with Crippen molar-refractivity contribution in [2.45, 2.75) is 70.5 Å². The minimum Gasteiger partial charge on any atom is -0.469 e. The van der Waals surface area contributed by atoms with E-state index in [1.807, 2.05) is 6.92 Å². The highest BCUT2D eigenvalue weighted by Gasteiger charge is 2.84. The van der Waals surface area contributed by atoms with Crippen molar-refractivity contribution in [3.05, 3.63) is 12.2 Å². The Morgan fingerprint density at radius 1 is 1.37 bits per heavy atom. The maximum atomic E-state index is 13.2. The van der Waals surface area contributed by atoms with Crippen molar-refractivity contribution < 1.29 is 24.2 Å². The third-order valence-corrected chi connectivity index (χ3v) is 9.64. The molecule has 8 atom stereocenters. The van der Waals surface area contributed by atoms with Gasteiger partial charge in [0.05, 0.1) is 24.5 Å². The zero-order valence-electron chi connectivity index (χ0n) is 16.5. The molecule has 1 saturated heterocycles. The number of aliphatic hydroxyl groups is 1. The van der Waals surface area contributed by atoms with Crippen LogP contribution in [0.4, 0.5) is 0 Å². The van der Waals surface area contributed by atoms with Crippen LogP contribution in [-0.4, -0.2) is 35.9 Å². The first-order valence-corrected chi connectivity index (χ1v) is 10.4. The molecule has 27 heavy (non-hydrogen) atoms. The Morgan fingerprint density at radius 2 is 2.11 bits per heavy atom. The lowest BCUT2D eigenvalue weighted by molar-refractivity contribution is -0.164. The molecule has 0 amide bonds. The number of rotatable bonds is 2. The second-order valence-corrected chi connectivity index (χ2v) is 10.1. The Labute approximate surface area is 160 Å². The summed E-state index contributed by atoms with van der Waals surface area (Å²) < 4.78 is 11.5. The number of aliphatic hydroxyl groups excluding tert-OH is 1. The van der Waals surface area contributed by atoms with E-state index in [9.17, 15) is 14.7 Å². The topological polar surface area (TPSA) is 72.8 Å². The van der Waals surface area contributed by atoms with E-state index in [0.29, 0.717) is 12.8 Å². The van der Waals surface area contributed by atoms with E-state index in [-0.39, 0.29) is 34.6 Å². The van der Waals surface area contributed by atoms with Crippen LogP contribution in [0.5, 0.6) is 0 Å². The van der Waals surface area contributed by atoms with Gasteiger partial charge in [-0.15, -0.1) is 0 Å². The van der Waals surface area contributed by atoms with Gasteiger partial charge in [0, 0.05) is 11.8 Å². The van der Waals surface area contributed by atoms with Gasteiger partial charge in [0.25, 0.3) is 0 Å². The predicted octanol–water partition coefficient (Wildman–Crippen LogP) is 3.00. The molecule has 0 aromatic heterocycles.